The Labute approximate surface area is 124 Å². The van der Waals surface area contributed by atoms with Gasteiger partial charge in [-0.1, -0.05) is 12.1 Å². The first-order valence-corrected chi connectivity index (χ1v) is 6.46. The summed E-state index contributed by atoms with van der Waals surface area (Å²) in [6.45, 7) is 0. The third-order valence-electron chi connectivity index (χ3n) is 3.30. The number of hydrogen-bond donors (Lipinski definition) is 0. The standard InChI is InChI=1S/C16H11NO5/c1-21-16-14(18)12-4-2-3-5-13(12)22-15(16)10-6-8-11(9-7-10)17(19)20/h2-9H,1H3. The first kappa shape index (κ1) is 13.8. The van der Waals surface area contributed by atoms with Crippen LogP contribution in [-0.2, 0) is 0 Å². The Balaban J connectivity index is 2.25. The summed E-state index contributed by atoms with van der Waals surface area (Å²) in [6, 6.07) is 12.6. The summed E-state index contributed by atoms with van der Waals surface area (Å²) in [6.07, 6.45) is 0. The van der Waals surface area contributed by atoms with Crippen LogP contribution >= 0.6 is 0 Å². The van der Waals surface area contributed by atoms with Crippen molar-refractivity contribution in [2.75, 3.05) is 7.11 Å². The molecule has 0 aliphatic rings. The molecule has 22 heavy (non-hydrogen) atoms. The van der Waals surface area contributed by atoms with Crippen molar-refractivity contribution < 1.29 is 14.1 Å². The molecule has 3 rings (SSSR count). The molecular formula is C16H11NO5. The van der Waals surface area contributed by atoms with E-state index in [1.165, 1.54) is 31.4 Å². The minimum absolute atomic E-state index is 0.0362. The summed E-state index contributed by atoms with van der Waals surface area (Å²) >= 11 is 0. The lowest BCUT2D eigenvalue weighted by Gasteiger charge is -2.08. The van der Waals surface area contributed by atoms with Crippen LogP contribution in [0.5, 0.6) is 5.75 Å². The van der Waals surface area contributed by atoms with Gasteiger partial charge in [0.25, 0.3) is 5.69 Å². The predicted octanol–water partition coefficient (Wildman–Crippen LogP) is 3.38. The van der Waals surface area contributed by atoms with Gasteiger partial charge in [-0.15, -0.1) is 0 Å². The maximum Gasteiger partial charge on any atom is 0.269 e. The van der Waals surface area contributed by atoms with Crippen LogP contribution in [0.15, 0.2) is 57.7 Å². The zero-order valence-corrected chi connectivity index (χ0v) is 11.6. The molecule has 0 amide bonds. The maximum atomic E-state index is 12.4. The molecule has 1 aromatic heterocycles. The van der Waals surface area contributed by atoms with E-state index in [4.69, 9.17) is 9.15 Å². The van der Waals surface area contributed by atoms with Crippen LogP contribution in [0.25, 0.3) is 22.3 Å². The third-order valence-corrected chi connectivity index (χ3v) is 3.30. The highest BCUT2D eigenvalue weighted by Gasteiger charge is 2.17. The van der Waals surface area contributed by atoms with E-state index < -0.39 is 4.92 Å². The molecule has 0 saturated heterocycles. The quantitative estimate of drug-likeness (QED) is 0.546. The van der Waals surface area contributed by atoms with E-state index in [-0.39, 0.29) is 22.6 Å². The molecule has 0 fully saturated rings. The van der Waals surface area contributed by atoms with Crippen LogP contribution in [0.3, 0.4) is 0 Å². The lowest BCUT2D eigenvalue weighted by atomic mass is 10.1. The van der Waals surface area contributed by atoms with Crippen molar-refractivity contribution in [3.05, 3.63) is 68.9 Å². The molecule has 0 N–H and O–H groups in total. The summed E-state index contributed by atoms with van der Waals surface area (Å²) in [5.74, 6) is 0.327. The Morgan fingerprint density at radius 1 is 1.09 bits per heavy atom. The van der Waals surface area contributed by atoms with Crippen molar-refractivity contribution in [2.24, 2.45) is 0 Å². The molecule has 2 aromatic carbocycles. The summed E-state index contributed by atoms with van der Waals surface area (Å²) in [4.78, 5) is 22.7. The second-order valence-electron chi connectivity index (χ2n) is 4.59. The molecule has 3 aromatic rings. The van der Waals surface area contributed by atoms with Gasteiger partial charge < -0.3 is 9.15 Å². The van der Waals surface area contributed by atoms with Crippen molar-refractivity contribution in [3.8, 4) is 17.1 Å². The molecule has 0 saturated carbocycles. The molecular weight excluding hydrogens is 286 g/mol. The van der Waals surface area contributed by atoms with Crippen LogP contribution < -0.4 is 10.2 Å². The lowest BCUT2D eigenvalue weighted by Crippen LogP contribution is -2.07. The highest BCUT2D eigenvalue weighted by Crippen LogP contribution is 2.31. The maximum absolute atomic E-state index is 12.4. The van der Waals surface area contributed by atoms with Gasteiger partial charge in [0.15, 0.2) is 5.76 Å². The zero-order chi connectivity index (χ0) is 15.7. The molecule has 6 nitrogen and oxygen atoms in total. The fraction of sp³-hybridized carbons (Fsp3) is 0.0625. The van der Waals surface area contributed by atoms with E-state index in [2.05, 4.69) is 0 Å². The van der Waals surface area contributed by atoms with Crippen molar-refractivity contribution in [3.63, 3.8) is 0 Å². The minimum Gasteiger partial charge on any atom is -0.490 e. The van der Waals surface area contributed by atoms with Gasteiger partial charge in [0.2, 0.25) is 11.2 Å². The number of nitro benzene ring substituents is 1. The van der Waals surface area contributed by atoms with Gasteiger partial charge in [-0.2, -0.15) is 0 Å². The molecule has 110 valence electrons. The van der Waals surface area contributed by atoms with Gasteiger partial charge in [-0.05, 0) is 24.3 Å². The molecule has 0 unspecified atom stereocenters. The number of methoxy groups -OCH3 is 1. The van der Waals surface area contributed by atoms with E-state index in [1.54, 1.807) is 24.3 Å². The molecule has 0 aliphatic heterocycles. The van der Waals surface area contributed by atoms with Gasteiger partial charge in [0, 0.05) is 17.7 Å². The summed E-state index contributed by atoms with van der Waals surface area (Å²) in [7, 11) is 1.38. The SMILES string of the molecule is COc1c(-c2ccc([N+](=O)[O-])cc2)oc2ccccc2c1=O. The van der Waals surface area contributed by atoms with Crippen molar-refractivity contribution in [1.29, 1.82) is 0 Å². The Hall–Kier alpha value is -3.15. The first-order chi connectivity index (χ1) is 10.6. The second-order valence-corrected chi connectivity index (χ2v) is 4.59. The molecule has 0 bridgehead atoms. The summed E-state index contributed by atoms with van der Waals surface area (Å²) in [5.41, 5.74) is 0.649. The van der Waals surface area contributed by atoms with Crippen molar-refractivity contribution in [1.82, 2.24) is 0 Å². The number of fused-ring (bicyclic) bond motifs is 1. The van der Waals surface area contributed by atoms with Crippen LogP contribution in [0.2, 0.25) is 0 Å². The van der Waals surface area contributed by atoms with Crippen LogP contribution in [0, 0.1) is 10.1 Å². The molecule has 0 aliphatic carbocycles. The highest BCUT2D eigenvalue weighted by atomic mass is 16.6. The minimum atomic E-state index is -0.489. The predicted molar refractivity (Wildman–Crippen MR) is 81.1 cm³/mol. The molecule has 6 heteroatoms. The molecule has 0 radical (unpaired) electrons. The van der Waals surface area contributed by atoms with Gasteiger partial charge in [0.05, 0.1) is 17.4 Å². The van der Waals surface area contributed by atoms with E-state index in [1.807, 2.05) is 0 Å². The van der Waals surface area contributed by atoms with Gasteiger partial charge in [0.1, 0.15) is 5.58 Å². The highest BCUT2D eigenvalue weighted by molar-refractivity contribution is 5.82. The topological polar surface area (TPSA) is 82.6 Å². The largest absolute Gasteiger partial charge is 0.490 e. The van der Waals surface area contributed by atoms with Crippen LogP contribution in [-0.4, -0.2) is 12.0 Å². The number of nitrogens with zero attached hydrogens (tertiary/aromatic N) is 1. The van der Waals surface area contributed by atoms with Gasteiger partial charge in [-0.3, -0.25) is 14.9 Å². The molecule has 0 atom stereocenters. The number of non-ortho nitro benzene ring substituents is 1. The summed E-state index contributed by atoms with van der Waals surface area (Å²) in [5, 5.41) is 11.1. The van der Waals surface area contributed by atoms with Crippen molar-refractivity contribution in [2.45, 2.75) is 0 Å². The summed E-state index contributed by atoms with van der Waals surface area (Å²) < 4.78 is 10.9. The van der Waals surface area contributed by atoms with Gasteiger partial charge >= 0.3 is 0 Å². The smallest absolute Gasteiger partial charge is 0.269 e. The van der Waals surface area contributed by atoms with E-state index >= 15 is 0 Å². The molecule has 1 heterocycles. The Bertz CT molecular complexity index is 912. The lowest BCUT2D eigenvalue weighted by molar-refractivity contribution is -0.384. The number of nitro groups is 1. The molecule has 0 spiro atoms. The fourth-order valence-corrected chi connectivity index (χ4v) is 2.23. The first-order valence-electron chi connectivity index (χ1n) is 6.46. The van der Waals surface area contributed by atoms with E-state index in [9.17, 15) is 14.9 Å². The number of benzene rings is 2. The Morgan fingerprint density at radius 3 is 2.41 bits per heavy atom. The number of para-hydroxylation sites is 1. The Kier molecular flexibility index (Phi) is 3.34. The average Bonchev–Trinajstić information content (AvgIpc) is 2.55. The fourth-order valence-electron chi connectivity index (χ4n) is 2.23. The number of hydrogen-bond acceptors (Lipinski definition) is 5. The number of ether oxygens (including phenoxy) is 1. The number of rotatable bonds is 3. The zero-order valence-electron chi connectivity index (χ0n) is 11.6. The van der Waals surface area contributed by atoms with Crippen molar-refractivity contribution >= 4 is 16.7 Å². The van der Waals surface area contributed by atoms with E-state index in [0.29, 0.717) is 16.5 Å². The van der Waals surface area contributed by atoms with Gasteiger partial charge in [-0.25, -0.2) is 0 Å². The normalized spacial score (nSPS) is 10.6. The van der Waals surface area contributed by atoms with Crippen LogP contribution in [0.4, 0.5) is 5.69 Å². The van der Waals surface area contributed by atoms with E-state index in [0.717, 1.165) is 0 Å². The second kappa shape index (κ2) is 5.33. The Morgan fingerprint density at radius 2 is 1.77 bits per heavy atom. The van der Waals surface area contributed by atoms with Crippen LogP contribution in [0.1, 0.15) is 0 Å². The third kappa shape index (κ3) is 2.20. The average molecular weight is 297 g/mol. The monoisotopic (exact) mass is 297 g/mol.